The van der Waals surface area contributed by atoms with Crippen molar-refractivity contribution in [3.05, 3.63) is 42.4 Å². The van der Waals surface area contributed by atoms with Gasteiger partial charge in [-0.15, -0.1) is 0 Å². The van der Waals surface area contributed by atoms with E-state index in [1.54, 1.807) is 24.4 Å². The molecule has 0 fully saturated rings. The van der Waals surface area contributed by atoms with E-state index in [-0.39, 0.29) is 5.03 Å². The van der Waals surface area contributed by atoms with E-state index >= 15 is 0 Å². The molecule has 0 aliphatic heterocycles. The molecular formula is C13H16N4O2S. The highest BCUT2D eigenvalue weighted by molar-refractivity contribution is 7.92. The van der Waals surface area contributed by atoms with Crippen molar-refractivity contribution in [1.82, 2.24) is 9.97 Å². The molecule has 0 saturated heterocycles. The minimum absolute atomic E-state index is 0.0231. The van der Waals surface area contributed by atoms with Crippen LogP contribution in [0.4, 0.5) is 11.4 Å². The maximum absolute atomic E-state index is 12.4. The Hall–Kier alpha value is -2.15. The molecule has 0 aromatic carbocycles. The molecule has 0 amide bonds. The summed E-state index contributed by atoms with van der Waals surface area (Å²) in [6.07, 6.45) is 4.53. The Morgan fingerprint density at radius 2 is 2.00 bits per heavy atom. The van der Waals surface area contributed by atoms with Gasteiger partial charge in [-0.1, -0.05) is 0 Å². The minimum atomic E-state index is -3.75. The number of nitrogens with one attached hydrogen (secondary N) is 2. The smallest absolute Gasteiger partial charge is 0.281 e. The molecule has 2 heterocycles. The Morgan fingerprint density at radius 3 is 2.70 bits per heavy atom. The predicted octanol–water partition coefficient (Wildman–Crippen LogP) is 2.02. The van der Waals surface area contributed by atoms with Gasteiger partial charge in [0.2, 0.25) is 0 Å². The lowest BCUT2D eigenvalue weighted by molar-refractivity contribution is 0.598. The van der Waals surface area contributed by atoms with Crippen molar-refractivity contribution in [1.29, 1.82) is 0 Å². The van der Waals surface area contributed by atoms with Gasteiger partial charge >= 0.3 is 0 Å². The topological polar surface area (TPSA) is 84.0 Å². The van der Waals surface area contributed by atoms with Crippen molar-refractivity contribution in [2.45, 2.75) is 18.9 Å². The van der Waals surface area contributed by atoms with E-state index < -0.39 is 10.0 Å². The molecule has 0 aliphatic rings. The molecule has 20 heavy (non-hydrogen) atoms. The van der Waals surface area contributed by atoms with Crippen molar-refractivity contribution in [3.63, 3.8) is 0 Å². The Morgan fingerprint density at radius 1 is 1.20 bits per heavy atom. The largest absolute Gasteiger partial charge is 0.383 e. The summed E-state index contributed by atoms with van der Waals surface area (Å²) in [4.78, 5) is 7.88. The molecule has 0 aliphatic carbocycles. The van der Waals surface area contributed by atoms with E-state index in [4.69, 9.17) is 0 Å². The van der Waals surface area contributed by atoms with Crippen LogP contribution in [0.2, 0.25) is 0 Å². The van der Waals surface area contributed by atoms with Crippen LogP contribution < -0.4 is 10.0 Å². The number of aryl methyl sites for hydroxylation is 1. The first-order chi connectivity index (χ1) is 9.54. The third-order valence-corrected chi connectivity index (χ3v) is 4.00. The lowest BCUT2D eigenvalue weighted by Gasteiger charge is -2.12. The number of rotatable bonds is 5. The molecule has 0 unspecified atom stereocenters. The second-order valence-corrected chi connectivity index (χ2v) is 5.78. The predicted molar refractivity (Wildman–Crippen MR) is 78.2 cm³/mol. The first-order valence-electron chi connectivity index (χ1n) is 6.17. The Bertz CT molecular complexity index is 701. The molecular weight excluding hydrogens is 276 g/mol. The second-order valence-electron chi connectivity index (χ2n) is 4.18. The Balaban J connectivity index is 2.39. The fraction of sp³-hybridized carbons (Fsp3) is 0.231. The van der Waals surface area contributed by atoms with Gasteiger partial charge in [0, 0.05) is 18.9 Å². The van der Waals surface area contributed by atoms with Gasteiger partial charge in [-0.25, -0.2) is 4.98 Å². The fourth-order valence-corrected chi connectivity index (χ4v) is 2.92. The first-order valence-corrected chi connectivity index (χ1v) is 7.65. The van der Waals surface area contributed by atoms with Gasteiger partial charge in [-0.3, -0.25) is 9.71 Å². The molecule has 0 bridgehead atoms. The highest BCUT2D eigenvalue weighted by Gasteiger charge is 2.20. The number of hydrogen-bond acceptors (Lipinski definition) is 5. The monoisotopic (exact) mass is 292 g/mol. The van der Waals surface area contributed by atoms with Crippen LogP contribution in [0.5, 0.6) is 0 Å². The summed E-state index contributed by atoms with van der Waals surface area (Å²) in [5, 5.41) is 2.96. The van der Waals surface area contributed by atoms with Crippen LogP contribution in [0.1, 0.15) is 12.5 Å². The normalized spacial score (nSPS) is 11.1. The van der Waals surface area contributed by atoms with Crippen molar-refractivity contribution < 1.29 is 8.42 Å². The third-order valence-electron chi connectivity index (χ3n) is 2.68. The van der Waals surface area contributed by atoms with Crippen molar-refractivity contribution >= 4 is 21.4 Å². The third kappa shape index (κ3) is 3.05. The van der Waals surface area contributed by atoms with E-state index in [1.165, 1.54) is 12.4 Å². The van der Waals surface area contributed by atoms with Crippen LogP contribution in [0.25, 0.3) is 0 Å². The molecule has 2 N–H and O–H groups in total. The van der Waals surface area contributed by atoms with E-state index in [9.17, 15) is 8.42 Å². The summed E-state index contributed by atoms with van der Waals surface area (Å²) in [7, 11) is -3.75. The van der Waals surface area contributed by atoms with Crippen LogP contribution in [0.3, 0.4) is 0 Å². The summed E-state index contributed by atoms with van der Waals surface area (Å²) in [5.41, 5.74) is 1.72. The molecule has 0 atom stereocenters. The Kier molecular flexibility index (Phi) is 4.19. The zero-order chi connectivity index (χ0) is 14.6. The standard InChI is InChI=1S/C13H16N4O2S/c1-3-15-11-5-4-7-16-13(11)20(18,19)17-12-9-14-8-6-10(12)2/h4-9,15,17H,3H2,1-2H3. The van der Waals surface area contributed by atoms with Gasteiger partial charge in [0.1, 0.15) is 0 Å². The summed E-state index contributed by atoms with van der Waals surface area (Å²) < 4.78 is 27.3. The van der Waals surface area contributed by atoms with Crippen molar-refractivity contribution in [3.8, 4) is 0 Å². The molecule has 0 spiro atoms. The molecule has 2 rings (SSSR count). The summed E-state index contributed by atoms with van der Waals surface area (Å²) in [6.45, 7) is 4.31. The quantitative estimate of drug-likeness (QED) is 0.880. The zero-order valence-corrected chi connectivity index (χ0v) is 12.1. The van der Waals surface area contributed by atoms with Gasteiger partial charge in [-0.05, 0) is 37.6 Å². The minimum Gasteiger partial charge on any atom is -0.383 e. The summed E-state index contributed by atoms with van der Waals surface area (Å²) in [6, 6.07) is 5.11. The average Bonchev–Trinajstić information content (AvgIpc) is 2.42. The number of sulfonamides is 1. The van der Waals surface area contributed by atoms with Gasteiger partial charge in [0.05, 0.1) is 17.6 Å². The van der Waals surface area contributed by atoms with E-state index in [0.717, 1.165) is 5.56 Å². The maximum atomic E-state index is 12.4. The van der Waals surface area contributed by atoms with Crippen molar-refractivity contribution in [2.75, 3.05) is 16.6 Å². The number of anilines is 2. The highest BCUT2D eigenvalue weighted by atomic mass is 32.2. The van der Waals surface area contributed by atoms with Crippen molar-refractivity contribution in [2.24, 2.45) is 0 Å². The molecule has 2 aromatic rings. The fourth-order valence-electron chi connectivity index (χ4n) is 1.69. The lowest BCUT2D eigenvalue weighted by Crippen LogP contribution is -2.17. The zero-order valence-electron chi connectivity index (χ0n) is 11.3. The summed E-state index contributed by atoms with van der Waals surface area (Å²) >= 11 is 0. The van der Waals surface area contributed by atoms with Crippen LogP contribution in [0, 0.1) is 6.92 Å². The maximum Gasteiger partial charge on any atom is 0.281 e. The molecule has 0 radical (unpaired) electrons. The molecule has 2 aromatic heterocycles. The van der Waals surface area contributed by atoms with Crippen LogP contribution in [0.15, 0.2) is 41.8 Å². The summed E-state index contributed by atoms with van der Waals surface area (Å²) in [5.74, 6) is 0. The van der Waals surface area contributed by atoms with E-state index in [0.29, 0.717) is 17.9 Å². The van der Waals surface area contributed by atoms with Crippen LogP contribution in [-0.4, -0.2) is 24.9 Å². The number of hydrogen-bond donors (Lipinski definition) is 2. The van der Waals surface area contributed by atoms with E-state index in [2.05, 4.69) is 20.0 Å². The molecule has 0 saturated carbocycles. The molecule has 6 nitrogen and oxygen atoms in total. The van der Waals surface area contributed by atoms with Crippen LogP contribution in [-0.2, 0) is 10.0 Å². The number of pyridine rings is 2. The van der Waals surface area contributed by atoms with Gasteiger partial charge in [0.25, 0.3) is 10.0 Å². The van der Waals surface area contributed by atoms with Gasteiger partial charge in [-0.2, -0.15) is 8.42 Å². The SMILES string of the molecule is CCNc1cccnc1S(=O)(=O)Nc1cnccc1C. The number of aromatic nitrogens is 2. The van der Waals surface area contributed by atoms with Gasteiger partial charge < -0.3 is 5.32 Å². The Labute approximate surface area is 118 Å². The number of nitrogens with zero attached hydrogens (tertiary/aromatic N) is 2. The van der Waals surface area contributed by atoms with Gasteiger partial charge in [0.15, 0.2) is 5.03 Å². The molecule has 7 heteroatoms. The lowest BCUT2D eigenvalue weighted by atomic mass is 10.3. The average molecular weight is 292 g/mol. The molecule has 106 valence electrons. The second kappa shape index (κ2) is 5.87. The van der Waals surface area contributed by atoms with E-state index in [1.807, 2.05) is 13.8 Å². The first kappa shape index (κ1) is 14.3. The highest BCUT2D eigenvalue weighted by Crippen LogP contribution is 2.22. The van der Waals surface area contributed by atoms with Crippen LogP contribution >= 0.6 is 0 Å².